The average Bonchev–Trinajstić information content (AvgIpc) is 2.26. The second-order valence-electron chi connectivity index (χ2n) is 3.09. The normalized spacial score (nSPS) is 12.3. The maximum atomic E-state index is 5.33. The Kier molecular flexibility index (Phi) is 3.77. The molecule has 0 aliphatic heterocycles. The fourth-order valence-electron chi connectivity index (χ4n) is 1.41. The maximum absolute atomic E-state index is 5.33. The van der Waals surface area contributed by atoms with Crippen LogP contribution >= 0.6 is 0 Å². The van der Waals surface area contributed by atoms with Gasteiger partial charge in [0.05, 0.1) is 14.2 Å². The minimum atomic E-state index is 0.250. The Morgan fingerprint density at radius 2 is 1.93 bits per heavy atom. The molecule has 0 fully saturated rings. The summed E-state index contributed by atoms with van der Waals surface area (Å²) in [4.78, 5) is 0. The first-order chi connectivity index (χ1) is 6.74. The Morgan fingerprint density at radius 1 is 1.21 bits per heavy atom. The molecule has 1 rings (SSSR count). The van der Waals surface area contributed by atoms with E-state index in [0.717, 1.165) is 17.1 Å². The van der Waals surface area contributed by atoms with Gasteiger partial charge in [-0.25, -0.2) is 0 Å². The molecule has 0 saturated heterocycles. The monoisotopic (exact) mass is 195 g/mol. The number of para-hydroxylation sites is 1. The Morgan fingerprint density at radius 3 is 2.43 bits per heavy atom. The number of hydrogen-bond acceptors (Lipinski definition) is 3. The van der Waals surface area contributed by atoms with Gasteiger partial charge >= 0.3 is 0 Å². The van der Waals surface area contributed by atoms with Crippen LogP contribution in [0.1, 0.15) is 18.5 Å². The van der Waals surface area contributed by atoms with Crippen LogP contribution < -0.4 is 14.8 Å². The zero-order valence-electron chi connectivity index (χ0n) is 9.13. The molecule has 0 spiro atoms. The molecular formula is C11H17NO2. The Bertz CT molecular complexity index is 299. The molecule has 14 heavy (non-hydrogen) atoms. The molecule has 0 unspecified atom stereocenters. The minimum Gasteiger partial charge on any atom is -0.493 e. The summed E-state index contributed by atoms with van der Waals surface area (Å²) in [7, 11) is 5.22. The van der Waals surface area contributed by atoms with E-state index in [1.807, 2.05) is 25.2 Å². The molecule has 1 aromatic rings. The van der Waals surface area contributed by atoms with Crippen LogP contribution in [0, 0.1) is 0 Å². The molecule has 0 bridgehead atoms. The highest BCUT2D eigenvalue weighted by atomic mass is 16.5. The molecule has 0 aliphatic rings. The number of benzene rings is 1. The van der Waals surface area contributed by atoms with E-state index < -0.39 is 0 Å². The van der Waals surface area contributed by atoms with Gasteiger partial charge in [0.2, 0.25) is 0 Å². The lowest BCUT2D eigenvalue weighted by Gasteiger charge is -2.17. The smallest absolute Gasteiger partial charge is 0.165 e. The summed E-state index contributed by atoms with van der Waals surface area (Å²) >= 11 is 0. The Hall–Kier alpha value is -1.22. The third kappa shape index (κ3) is 1.99. The van der Waals surface area contributed by atoms with Gasteiger partial charge < -0.3 is 14.8 Å². The molecule has 1 atom stereocenters. The highest BCUT2D eigenvalue weighted by molar-refractivity contribution is 5.47. The van der Waals surface area contributed by atoms with Gasteiger partial charge in [-0.2, -0.15) is 0 Å². The van der Waals surface area contributed by atoms with Gasteiger partial charge in [0.25, 0.3) is 0 Å². The van der Waals surface area contributed by atoms with E-state index in [-0.39, 0.29) is 6.04 Å². The van der Waals surface area contributed by atoms with Gasteiger partial charge in [0.15, 0.2) is 11.5 Å². The lowest BCUT2D eigenvalue weighted by molar-refractivity contribution is 0.348. The molecule has 3 heteroatoms. The van der Waals surface area contributed by atoms with Crippen LogP contribution in [0.25, 0.3) is 0 Å². The van der Waals surface area contributed by atoms with Crippen molar-refractivity contribution in [3.8, 4) is 11.5 Å². The molecule has 78 valence electrons. The van der Waals surface area contributed by atoms with Crippen molar-refractivity contribution < 1.29 is 9.47 Å². The van der Waals surface area contributed by atoms with E-state index in [1.165, 1.54) is 0 Å². The van der Waals surface area contributed by atoms with Crippen LogP contribution in [0.2, 0.25) is 0 Å². The van der Waals surface area contributed by atoms with Gasteiger partial charge in [0.1, 0.15) is 0 Å². The summed E-state index contributed by atoms with van der Waals surface area (Å²) in [5.74, 6) is 1.57. The van der Waals surface area contributed by atoms with Gasteiger partial charge in [-0.05, 0) is 20.0 Å². The van der Waals surface area contributed by atoms with Gasteiger partial charge in [0, 0.05) is 11.6 Å². The van der Waals surface area contributed by atoms with Crippen molar-refractivity contribution in [2.24, 2.45) is 0 Å². The van der Waals surface area contributed by atoms with E-state index in [9.17, 15) is 0 Å². The third-order valence-corrected chi connectivity index (χ3v) is 2.33. The molecule has 0 radical (unpaired) electrons. The lowest BCUT2D eigenvalue weighted by atomic mass is 10.1. The first-order valence-corrected chi connectivity index (χ1v) is 4.62. The molecule has 0 aromatic heterocycles. The summed E-state index contributed by atoms with van der Waals surface area (Å²) in [5, 5.41) is 3.17. The highest BCUT2D eigenvalue weighted by Crippen LogP contribution is 2.34. The zero-order chi connectivity index (χ0) is 10.6. The summed E-state index contributed by atoms with van der Waals surface area (Å²) < 4.78 is 10.5. The van der Waals surface area contributed by atoms with Crippen molar-refractivity contribution in [3.05, 3.63) is 23.8 Å². The number of methoxy groups -OCH3 is 2. The van der Waals surface area contributed by atoms with Crippen molar-refractivity contribution in [1.82, 2.24) is 5.32 Å². The highest BCUT2D eigenvalue weighted by Gasteiger charge is 2.13. The predicted octanol–water partition coefficient (Wildman–Crippen LogP) is 1.98. The summed E-state index contributed by atoms with van der Waals surface area (Å²) in [6, 6.07) is 6.14. The molecule has 0 amide bonds. The third-order valence-electron chi connectivity index (χ3n) is 2.33. The topological polar surface area (TPSA) is 30.5 Å². The largest absolute Gasteiger partial charge is 0.493 e. The standard InChI is InChI=1S/C11H17NO2/c1-8(12-2)9-6-5-7-10(13-3)11(9)14-4/h5-8,12H,1-4H3/t8-/m1/s1. The summed E-state index contributed by atoms with van der Waals surface area (Å²) in [6.07, 6.45) is 0. The zero-order valence-corrected chi connectivity index (χ0v) is 9.13. The lowest BCUT2D eigenvalue weighted by Crippen LogP contribution is -2.13. The van der Waals surface area contributed by atoms with Crippen molar-refractivity contribution in [1.29, 1.82) is 0 Å². The van der Waals surface area contributed by atoms with E-state index in [0.29, 0.717) is 0 Å². The number of nitrogens with one attached hydrogen (secondary N) is 1. The summed E-state index contributed by atoms with van der Waals surface area (Å²) in [6.45, 7) is 2.08. The second kappa shape index (κ2) is 4.86. The molecule has 0 saturated carbocycles. The predicted molar refractivity (Wildman–Crippen MR) is 57.0 cm³/mol. The molecule has 0 aliphatic carbocycles. The van der Waals surface area contributed by atoms with Gasteiger partial charge in [-0.3, -0.25) is 0 Å². The fourth-order valence-corrected chi connectivity index (χ4v) is 1.41. The van der Waals surface area contributed by atoms with Crippen LogP contribution in [0.3, 0.4) is 0 Å². The van der Waals surface area contributed by atoms with E-state index in [4.69, 9.17) is 9.47 Å². The first-order valence-electron chi connectivity index (χ1n) is 4.62. The minimum absolute atomic E-state index is 0.250. The van der Waals surface area contributed by atoms with Crippen LogP contribution in [0.4, 0.5) is 0 Å². The SMILES string of the molecule is CN[C@H](C)c1cccc(OC)c1OC. The average molecular weight is 195 g/mol. The van der Waals surface area contributed by atoms with Gasteiger partial charge in [-0.1, -0.05) is 12.1 Å². The molecular weight excluding hydrogens is 178 g/mol. The molecule has 3 nitrogen and oxygen atoms in total. The van der Waals surface area contributed by atoms with E-state index >= 15 is 0 Å². The van der Waals surface area contributed by atoms with Crippen LogP contribution in [-0.4, -0.2) is 21.3 Å². The maximum Gasteiger partial charge on any atom is 0.165 e. The van der Waals surface area contributed by atoms with E-state index in [2.05, 4.69) is 12.2 Å². The first kappa shape index (κ1) is 10.9. The summed E-state index contributed by atoms with van der Waals surface area (Å²) in [5.41, 5.74) is 1.11. The number of hydrogen-bond donors (Lipinski definition) is 1. The van der Waals surface area contributed by atoms with Crippen LogP contribution in [0.15, 0.2) is 18.2 Å². The molecule has 1 N–H and O–H groups in total. The van der Waals surface area contributed by atoms with Crippen molar-refractivity contribution in [2.45, 2.75) is 13.0 Å². The fraction of sp³-hybridized carbons (Fsp3) is 0.455. The van der Waals surface area contributed by atoms with Crippen molar-refractivity contribution in [3.63, 3.8) is 0 Å². The molecule has 1 aromatic carbocycles. The van der Waals surface area contributed by atoms with Crippen molar-refractivity contribution in [2.75, 3.05) is 21.3 Å². The number of ether oxygens (including phenoxy) is 2. The second-order valence-corrected chi connectivity index (χ2v) is 3.09. The van der Waals surface area contributed by atoms with Crippen LogP contribution in [-0.2, 0) is 0 Å². The molecule has 0 heterocycles. The number of rotatable bonds is 4. The Balaban J connectivity index is 3.14. The van der Waals surface area contributed by atoms with Crippen molar-refractivity contribution >= 4 is 0 Å². The van der Waals surface area contributed by atoms with Gasteiger partial charge in [-0.15, -0.1) is 0 Å². The van der Waals surface area contributed by atoms with E-state index in [1.54, 1.807) is 14.2 Å². The quantitative estimate of drug-likeness (QED) is 0.797. The Labute approximate surface area is 85.0 Å². The van der Waals surface area contributed by atoms with Crippen LogP contribution in [0.5, 0.6) is 11.5 Å².